The monoisotopic (exact) mass is 362 g/mol. The molecule has 4 heteroatoms. The molecule has 3 N–H and O–H groups in total. The molecule has 0 saturated carbocycles. The van der Waals surface area contributed by atoms with E-state index < -0.39 is 14.0 Å². The summed E-state index contributed by atoms with van der Waals surface area (Å²) in [6.45, 7) is 6.52. The van der Waals surface area contributed by atoms with Crippen LogP contribution in [0.5, 0.6) is 0 Å². The van der Waals surface area contributed by atoms with E-state index in [-0.39, 0.29) is 0 Å². The molecule has 0 fully saturated rings. The third kappa shape index (κ3) is 3.95. The second kappa shape index (κ2) is 7.72. The average molecular weight is 362 g/mol. The maximum Gasteiger partial charge on any atom is 0.316 e. The summed E-state index contributed by atoms with van der Waals surface area (Å²) in [4.78, 5) is 11.1. The van der Waals surface area contributed by atoms with E-state index in [0.29, 0.717) is 5.69 Å². The quantitative estimate of drug-likeness (QED) is 0.681. The van der Waals surface area contributed by atoms with Crippen LogP contribution >= 0.6 is 7.92 Å². The topological polar surface area (TPSA) is 55.1 Å². The molecule has 2 amide bonds. The largest absolute Gasteiger partial charge is 0.351 e. The fourth-order valence-corrected chi connectivity index (χ4v) is 5.91. The fraction of sp³-hybridized carbons (Fsp3) is 0.136. The van der Waals surface area contributed by atoms with Crippen LogP contribution in [0.4, 0.5) is 10.5 Å². The van der Waals surface area contributed by atoms with E-state index >= 15 is 0 Å². The minimum absolute atomic E-state index is 0.548. The van der Waals surface area contributed by atoms with Crippen LogP contribution in [0.2, 0.25) is 0 Å². The number of carbonyl (C=O) groups is 1. The van der Waals surface area contributed by atoms with Gasteiger partial charge in [0.15, 0.2) is 0 Å². The van der Waals surface area contributed by atoms with Crippen LogP contribution in [-0.4, -0.2) is 6.03 Å². The predicted octanol–water partition coefficient (Wildman–Crippen LogP) is 3.86. The lowest BCUT2D eigenvalue weighted by Gasteiger charge is -2.24. The maximum atomic E-state index is 11.1. The fourth-order valence-electron chi connectivity index (χ4n) is 3.35. The van der Waals surface area contributed by atoms with Gasteiger partial charge in [0.2, 0.25) is 0 Å². The van der Waals surface area contributed by atoms with E-state index in [9.17, 15) is 4.79 Å². The number of hydrogen-bond donors (Lipinski definition) is 2. The summed E-state index contributed by atoms with van der Waals surface area (Å²) in [6, 6.07) is 22.6. The van der Waals surface area contributed by atoms with Gasteiger partial charge >= 0.3 is 6.03 Å². The first-order valence-electron chi connectivity index (χ1n) is 8.55. The summed E-state index contributed by atoms with van der Waals surface area (Å²) in [5.41, 5.74) is 9.84. The van der Waals surface area contributed by atoms with E-state index in [4.69, 9.17) is 5.73 Å². The number of nitrogens with two attached hydrogens (primary N) is 1. The minimum Gasteiger partial charge on any atom is -0.351 e. The number of anilines is 1. The van der Waals surface area contributed by atoms with Crippen LogP contribution in [0.15, 0.2) is 66.7 Å². The van der Waals surface area contributed by atoms with Crippen molar-refractivity contribution in [1.29, 1.82) is 0 Å². The van der Waals surface area contributed by atoms with Gasteiger partial charge in [0.05, 0.1) is 0 Å². The second-order valence-corrected chi connectivity index (χ2v) is 8.61. The Morgan fingerprint density at radius 3 is 1.92 bits per heavy atom. The lowest BCUT2D eigenvalue weighted by molar-refractivity contribution is 0.259. The second-order valence-electron chi connectivity index (χ2n) is 6.45. The summed E-state index contributed by atoms with van der Waals surface area (Å²) in [7, 11) is -0.677. The third-order valence-electron chi connectivity index (χ3n) is 4.27. The molecule has 0 saturated heterocycles. The zero-order chi connectivity index (χ0) is 18.7. The number of rotatable bonds is 4. The molecule has 0 aliphatic heterocycles. The summed E-state index contributed by atoms with van der Waals surface area (Å²) in [5, 5.41) is 6.58. The molecule has 0 bridgehead atoms. The Hall–Kier alpha value is -2.64. The van der Waals surface area contributed by atoms with E-state index in [2.05, 4.69) is 74.6 Å². The number of carbonyl (C=O) groups excluding carboxylic acids is 1. The van der Waals surface area contributed by atoms with Crippen molar-refractivity contribution in [2.45, 2.75) is 20.8 Å². The molecule has 26 heavy (non-hydrogen) atoms. The highest BCUT2D eigenvalue weighted by atomic mass is 31.1. The molecule has 3 nitrogen and oxygen atoms in total. The van der Waals surface area contributed by atoms with Crippen LogP contribution < -0.4 is 27.0 Å². The molecule has 1 atom stereocenters. The van der Waals surface area contributed by atoms with E-state index in [1.807, 2.05) is 18.2 Å². The number of urea groups is 1. The third-order valence-corrected chi connectivity index (χ3v) is 7.05. The van der Waals surface area contributed by atoms with Gasteiger partial charge in [0.25, 0.3) is 0 Å². The molecule has 0 radical (unpaired) electrons. The molecule has 0 aliphatic rings. The van der Waals surface area contributed by atoms with Crippen LogP contribution in [-0.2, 0) is 0 Å². The Bertz CT molecular complexity index is 898. The number of primary amides is 1. The first-order valence-corrected chi connectivity index (χ1v) is 9.89. The lowest BCUT2D eigenvalue weighted by Crippen LogP contribution is -2.25. The van der Waals surface area contributed by atoms with Gasteiger partial charge in [-0.3, -0.25) is 0 Å². The molecule has 3 aromatic rings. The Kier molecular flexibility index (Phi) is 5.39. The highest BCUT2D eigenvalue weighted by Crippen LogP contribution is 2.36. The summed E-state index contributed by atoms with van der Waals surface area (Å²) in [6.07, 6.45) is 0. The smallest absolute Gasteiger partial charge is 0.316 e. The molecule has 0 heterocycles. The predicted molar refractivity (Wildman–Crippen MR) is 113 cm³/mol. The standard InChI is InChI=1S/C22H23N2OP/c1-15-13-16(2)21(17(3)14-15)26(19-7-5-4-6-8-19)20-11-9-18(10-12-20)24-22(23)25/h4-14H,1-3H3,(H3,23,24,25). The zero-order valence-electron chi connectivity index (χ0n) is 15.3. The Morgan fingerprint density at radius 2 is 1.38 bits per heavy atom. The normalized spacial score (nSPS) is 11.8. The van der Waals surface area contributed by atoms with Crippen molar-refractivity contribution >= 4 is 35.6 Å². The van der Waals surface area contributed by atoms with Gasteiger partial charge in [-0.2, -0.15) is 0 Å². The van der Waals surface area contributed by atoms with Crippen molar-refractivity contribution in [3.63, 3.8) is 0 Å². The number of nitrogens with one attached hydrogen (secondary N) is 1. The first-order chi connectivity index (χ1) is 12.5. The highest BCUT2D eigenvalue weighted by Gasteiger charge is 2.20. The van der Waals surface area contributed by atoms with Gasteiger partial charge < -0.3 is 11.1 Å². The van der Waals surface area contributed by atoms with E-state index in [1.165, 1.54) is 32.6 Å². The van der Waals surface area contributed by atoms with Gasteiger partial charge in [-0.1, -0.05) is 60.2 Å². The lowest BCUT2D eigenvalue weighted by atomic mass is 10.1. The number of aryl methyl sites for hydroxylation is 3. The van der Waals surface area contributed by atoms with Crippen LogP contribution in [0.25, 0.3) is 0 Å². The molecular weight excluding hydrogens is 339 g/mol. The number of amides is 2. The van der Waals surface area contributed by atoms with Crippen molar-refractivity contribution in [3.8, 4) is 0 Å². The highest BCUT2D eigenvalue weighted by molar-refractivity contribution is 7.80. The molecule has 0 aliphatic carbocycles. The molecule has 0 aromatic heterocycles. The van der Waals surface area contributed by atoms with Gasteiger partial charge in [-0.15, -0.1) is 0 Å². The first kappa shape index (κ1) is 18.2. The van der Waals surface area contributed by atoms with Gasteiger partial charge in [-0.25, -0.2) is 4.79 Å². The summed E-state index contributed by atoms with van der Waals surface area (Å²) < 4.78 is 0. The van der Waals surface area contributed by atoms with Crippen molar-refractivity contribution < 1.29 is 4.79 Å². The summed E-state index contributed by atoms with van der Waals surface area (Å²) >= 11 is 0. The van der Waals surface area contributed by atoms with E-state index in [1.54, 1.807) is 0 Å². The van der Waals surface area contributed by atoms with Gasteiger partial charge in [-0.05, 0) is 67.9 Å². The zero-order valence-corrected chi connectivity index (χ0v) is 16.2. The SMILES string of the molecule is Cc1cc(C)c(P(c2ccccc2)c2ccc(NC(N)=O)cc2)c(C)c1. The van der Waals surface area contributed by atoms with Crippen molar-refractivity contribution in [3.05, 3.63) is 83.4 Å². The van der Waals surface area contributed by atoms with Crippen LogP contribution in [0, 0.1) is 20.8 Å². The Balaban J connectivity index is 2.13. The molecule has 3 aromatic carbocycles. The van der Waals surface area contributed by atoms with Crippen LogP contribution in [0.1, 0.15) is 16.7 Å². The number of benzene rings is 3. The minimum atomic E-state index is -0.677. The van der Waals surface area contributed by atoms with Crippen molar-refractivity contribution in [2.24, 2.45) is 5.73 Å². The Labute approximate surface area is 156 Å². The van der Waals surface area contributed by atoms with E-state index in [0.717, 1.165) is 0 Å². The molecule has 1 unspecified atom stereocenters. The van der Waals surface area contributed by atoms with Gasteiger partial charge in [0.1, 0.15) is 0 Å². The Morgan fingerprint density at radius 1 is 0.846 bits per heavy atom. The van der Waals surface area contributed by atoms with Crippen LogP contribution in [0.3, 0.4) is 0 Å². The average Bonchev–Trinajstić information content (AvgIpc) is 2.59. The van der Waals surface area contributed by atoms with Crippen molar-refractivity contribution in [2.75, 3.05) is 5.32 Å². The van der Waals surface area contributed by atoms with Gasteiger partial charge in [0, 0.05) is 5.69 Å². The maximum absolute atomic E-state index is 11.1. The molecular formula is C22H23N2OP. The molecule has 132 valence electrons. The molecule has 0 spiro atoms. The number of hydrogen-bond acceptors (Lipinski definition) is 1. The summed E-state index contributed by atoms with van der Waals surface area (Å²) in [5.74, 6) is 0. The van der Waals surface area contributed by atoms with Crippen molar-refractivity contribution in [1.82, 2.24) is 0 Å². The molecule has 3 rings (SSSR count).